The maximum Gasteiger partial charge on any atom is 0.180 e. The molecule has 2 N–H and O–H groups in total. The summed E-state index contributed by atoms with van der Waals surface area (Å²) in [6.07, 6.45) is -0.495. The first kappa shape index (κ1) is 14.5. The van der Waals surface area contributed by atoms with Gasteiger partial charge in [0.1, 0.15) is 0 Å². The van der Waals surface area contributed by atoms with Crippen LogP contribution in [0.15, 0.2) is 18.2 Å². The molecule has 0 aliphatic carbocycles. The Morgan fingerprint density at radius 3 is 2.59 bits per heavy atom. The molecule has 1 aromatic carbocycles. The third kappa shape index (κ3) is 4.28. The first-order valence-corrected chi connectivity index (χ1v) is 6.08. The molecule has 0 fully saturated rings. The van der Waals surface area contributed by atoms with Crippen molar-refractivity contribution < 1.29 is 9.90 Å². The fraction of sp³-hybridized carbons (Fsp3) is 0.417. The van der Waals surface area contributed by atoms with E-state index in [2.05, 4.69) is 5.32 Å². The summed E-state index contributed by atoms with van der Waals surface area (Å²) in [5, 5.41) is 12.9. The number of ketones is 1. The molecule has 2 atom stereocenters. The van der Waals surface area contributed by atoms with Crippen molar-refractivity contribution in [2.45, 2.75) is 26.0 Å². The van der Waals surface area contributed by atoms with Crippen LogP contribution in [0.2, 0.25) is 10.0 Å². The average molecular weight is 276 g/mol. The van der Waals surface area contributed by atoms with Crippen molar-refractivity contribution in [1.82, 2.24) is 5.32 Å². The minimum absolute atomic E-state index is 0.118. The number of carbonyl (C=O) groups excluding carboxylic acids is 1. The van der Waals surface area contributed by atoms with Gasteiger partial charge in [-0.15, -0.1) is 0 Å². The van der Waals surface area contributed by atoms with Crippen molar-refractivity contribution in [3.8, 4) is 0 Å². The zero-order valence-electron chi connectivity index (χ0n) is 9.71. The van der Waals surface area contributed by atoms with E-state index in [0.717, 1.165) is 0 Å². The highest BCUT2D eigenvalue weighted by Gasteiger charge is 2.17. The maximum absolute atomic E-state index is 12.0. The number of aliphatic hydroxyl groups is 1. The number of aliphatic hydroxyl groups excluding tert-OH is 1. The molecule has 0 saturated carbocycles. The van der Waals surface area contributed by atoms with Gasteiger partial charge >= 0.3 is 0 Å². The van der Waals surface area contributed by atoms with E-state index < -0.39 is 12.1 Å². The van der Waals surface area contributed by atoms with Gasteiger partial charge in [0.15, 0.2) is 5.78 Å². The van der Waals surface area contributed by atoms with Gasteiger partial charge in [0, 0.05) is 17.1 Å². The lowest BCUT2D eigenvalue weighted by molar-refractivity contribution is 0.0941. The van der Waals surface area contributed by atoms with Crippen LogP contribution in [-0.4, -0.2) is 29.6 Å². The highest BCUT2D eigenvalue weighted by molar-refractivity contribution is 6.37. The van der Waals surface area contributed by atoms with Crippen LogP contribution in [0.3, 0.4) is 0 Å². The number of carbonyl (C=O) groups is 1. The number of hydrogen-bond acceptors (Lipinski definition) is 3. The van der Waals surface area contributed by atoms with Crippen LogP contribution in [0.4, 0.5) is 0 Å². The Labute approximate surface area is 111 Å². The summed E-state index contributed by atoms with van der Waals surface area (Å²) < 4.78 is 0. The van der Waals surface area contributed by atoms with Gasteiger partial charge in [-0.3, -0.25) is 4.79 Å². The van der Waals surface area contributed by atoms with Gasteiger partial charge in [-0.1, -0.05) is 23.2 Å². The predicted molar refractivity (Wildman–Crippen MR) is 69.9 cm³/mol. The molecule has 0 spiro atoms. The van der Waals surface area contributed by atoms with Gasteiger partial charge in [-0.25, -0.2) is 0 Å². The molecule has 1 rings (SSSR count). The Hall–Kier alpha value is -0.610. The van der Waals surface area contributed by atoms with Gasteiger partial charge in [-0.2, -0.15) is 0 Å². The Morgan fingerprint density at radius 1 is 1.41 bits per heavy atom. The molecule has 0 heterocycles. The van der Waals surface area contributed by atoms with Crippen LogP contribution >= 0.6 is 23.2 Å². The van der Waals surface area contributed by atoms with Gasteiger partial charge in [0.05, 0.1) is 17.2 Å². The molecule has 1 aromatic rings. The zero-order chi connectivity index (χ0) is 13.0. The second-order valence-electron chi connectivity index (χ2n) is 3.97. The van der Waals surface area contributed by atoms with E-state index in [1.165, 1.54) is 6.07 Å². The number of Topliss-reactive ketones (excluding diaryl/α,β-unsaturated/α-hetero) is 1. The molecule has 2 unspecified atom stereocenters. The lowest BCUT2D eigenvalue weighted by Crippen LogP contribution is -2.38. The number of halogens is 2. The zero-order valence-corrected chi connectivity index (χ0v) is 11.2. The SMILES string of the molecule is CC(O)CNC(C)C(=O)c1ccc(Cl)cc1Cl. The minimum atomic E-state index is -0.495. The topological polar surface area (TPSA) is 49.3 Å². The third-order valence-corrected chi connectivity index (χ3v) is 2.86. The Bertz CT molecular complexity index is 407. The molecule has 0 aliphatic heterocycles. The molecule has 3 nitrogen and oxygen atoms in total. The van der Waals surface area contributed by atoms with E-state index in [-0.39, 0.29) is 5.78 Å². The maximum atomic E-state index is 12.0. The number of benzene rings is 1. The van der Waals surface area contributed by atoms with Crippen LogP contribution < -0.4 is 5.32 Å². The first-order valence-electron chi connectivity index (χ1n) is 5.32. The average Bonchev–Trinajstić information content (AvgIpc) is 2.25. The molecule has 0 amide bonds. The molecular formula is C12H15Cl2NO2. The standard InChI is InChI=1S/C12H15Cl2NO2/c1-7(16)6-15-8(2)12(17)10-4-3-9(13)5-11(10)14/h3-5,7-8,15-16H,6H2,1-2H3. The van der Waals surface area contributed by atoms with Crippen molar-refractivity contribution in [2.75, 3.05) is 6.54 Å². The molecular weight excluding hydrogens is 261 g/mol. The Kier molecular flexibility index (Phi) is 5.40. The van der Waals surface area contributed by atoms with Crippen LogP contribution in [0.5, 0.6) is 0 Å². The van der Waals surface area contributed by atoms with E-state index >= 15 is 0 Å². The van der Waals surface area contributed by atoms with E-state index in [1.54, 1.807) is 26.0 Å². The fourth-order valence-electron chi connectivity index (χ4n) is 1.36. The molecule has 0 aromatic heterocycles. The smallest absolute Gasteiger partial charge is 0.180 e. The quantitative estimate of drug-likeness (QED) is 0.812. The first-order chi connectivity index (χ1) is 7.91. The van der Waals surface area contributed by atoms with Crippen LogP contribution in [0.25, 0.3) is 0 Å². The molecule has 94 valence electrons. The molecule has 5 heteroatoms. The van der Waals surface area contributed by atoms with Crippen molar-refractivity contribution in [1.29, 1.82) is 0 Å². The highest BCUT2D eigenvalue weighted by atomic mass is 35.5. The number of hydrogen-bond donors (Lipinski definition) is 2. The summed E-state index contributed by atoms with van der Waals surface area (Å²) in [7, 11) is 0. The van der Waals surface area contributed by atoms with Crippen molar-refractivity contribution in [3.05, 3.63) is 33.8 Å². The summed E-state index contributed by atoms with van der Waals surface area (Å²) in [6.45, 7) is 3.74. The second kappa shape index (κ2) is 6.36. The van der Waals surface area contributed by atoms with Gasteiger partial charge < -0.3 is 10.4 Å². The van der Waals surface area contributed by atoms with E-state index in [4.69, 9.17) is 28.3 Å². The van der Waals surface area contributed by atoms with Crippen LogP contribution in [0, 0.1) is 0 Å². The second-order valence-corrected chi connectivity index (χ2v) is 4.81. The molecule has 0 aliphatic rings. The summed E-state index contributed by atoms with van der Waals surface area (Å²) in [4.78, 5) is 12.0. The van der Waals surface area contributed by atoms with Gasteiger partial charge in [-0.05, 0) is 32.0 Å². The predicted octanol–water partition coefficient (Wildman–Crippen LogP) is 2.54. The van der Waals surface area contributed by atoms with E-state index in [1.807, 2.05) is 0 Å². The molecule has 17 heavy (non-hydrogen) atoms. The van der Waals surface area contributed by atoms with E-state index in [0.29, 0.717) is 22.2 Å². The minimum Gasteiger partial charge on any atom is -0.392 e. The van der Waals surface area contributed by atoms with Crippen molar-refractivity contribution in [3.63, 3.8) is 0 Å². The fourth-order valence-corrected chi connectivity index (χ4v) is 1.86. The lowest BCUT2D eigenvalue weighted by atomic mass is 10.1. The molecule has 0 bridgehead atoms. The summed E-state index contributed by atoms with van der Waals surface area (Å²) in [5.41, 5.74) is 0.432. The van der Waals surface area contributed by atoms with Crippen molar-refractivity contribution >= 4 is 29.0 Å². The third-order valence-electron chi connectivity index (χ3n) is 2.31. The van der Waals surface area contributed by atoms with Crippen LogP contribution in [0.1, 0.15) is 24.2 Å². The monoisotopic (exact) mass is 275 g/mol. The van der Waals surface area contributed by atoms with Crippen molar-refractivity contribution in [2.24, 2.45) is 0 Å². The highest BCUT2D eigenvalue weighted by Crippen LogP contribution is 2.22. The Balaban J connectivity index is 2.75. The van der Waals surface area contributed by atoms with Crippen LogP contribution in [-0.2, 0) is 0 Å². The summed E-state index contributed by atoms with van der Waals surface area (Å²) in [5.74, 6) is -0.118. The van der Waals surface area contributed by atoms with Gasteiger partial charge in [0.25, 0.3) is 0 Å². The normalized spacial score (nSPS) is 14.4. The van der Waals surface area contributed by atoms with E-state index in [9.17, 15) is 4.79 Å². The largest absolute Gasteiger partial charge is 0.392 e. The Morgan fingerprint density at radius 2 is 2.06 bits per heavy atom. The summed E-state index contributed by atoms with van der Waals surface area (Å²) >= 11 is 11.7. The number of nitrogens with one attached hydrogen (secondary N) is 1. The summed E-state index contributed by atoms with van der Waals surface area (Å²) in [6, 6.07) is 4.37. The molecule has 0 radical (unpaired) electrons. The lowest BCUT2D eigenvalue weighted by Gasteiger charge is -2.14. The number of rotatable bonds is 5. The van der Waals surface area contributed by atoms with Gasteiger partial charge in [0.2, 0.25) is 0 Å². The molecule has 0 saturated heterocycles.